The van der Waals surface area contributed by atoms with Crippen molar-refractivity contribution in [2.45, 2.75) is 6.61 Å². The monoisotopic (exact) mass is 384 g/mol. The Morgan fingerprint density at radius 3 is 2.57 bits per heavy atom. The number of ether oxygens (including phenoxy) is 2. The lowest BCUT2D eigenvalue weighted by Crippen LogP contribution is -2.53. The van der Waals surface area contributed by atoms with Gasteiger partial charge in [-0.3, -0.25) is 9.78 Å². The van der Waals surface area contributed by atoms with Gasteiger partial charge >= 0.3 is 6.03 Å². The second kappa shape index (κ2) is 9.70. The highest BCUT2D eigenvalue weighted by molar-refractivity contribution is 5.93. The number of aromatic nitrogens is 1. The third-order valence-corrected chi connectivity index (χ3v) is 4.43. The van der Waals surface area contributed by atoms with E-state index in [1.807, 2.05) is 12.1 Å². The lowest BCUT2D eigenvalue weighted by molar-refractivity contribution is -0.135. The first kappa shape index (κ1) is 19.6. The van der Waals surface area contributed by atoms with E-state index < -0.39 is 0 Å². The molecule has 0 unspecified atom stereocenters. The number of nitrogens with zero attached hydrogens (tertiary/aromatic N) is 3. The van der Waals surface area contributed by atoms with E-state index in [-0.39, 0.29) is 18.5 Å². The van der Waals surface area contributed by atoms with Crippen molar-refractivity contribution in [2.24, 2.45) is 0 Å². The molecule has 1 aromatic heterocycles. The first-order valence-electron chi connectivity index (χ1n) is 9.10. The van der Waals surface area contributed by atoms with Gasteiger partial charge in [0.1, 0.15) is 18.9 Å². The van der Waals surface area contributed by atoms with E-state index in [2.05, 4.69) is 10.3 Å². The minimum Gasteiger partial charge on any atom is -0.489 e. The molecule has 2 aromatic rings. The Hall–Kier alpha value is -3.13. The molecule has 1 aliphatic heterocycles. The molecule has 0 radical (unpaired) electrons. The Labute approximate surface area is 164 Å². The SMILES string of the molecule is COCCN1CCN(C(=O)Nc2ccc(OCc3ccncc3)cc2)CC1=O. The molecule has 1 aliphatic rings. The Balaban J connectivity index is 1.47. The van der Waals surface area contributed by atoms with Gasteiger partial charge in [0.05, 0.1) is 6.61 Å². The maximum atomic E-state index is 12.4. The van der Waals surface area contributed by atoms with Gasteiger partial charge < -0.3 is 24.6 Å². The Morgan fingerprint density at radius 1 is 1.14 bits per heavy atom. The van der Waals surface area contributed by atoms with Crippen LogP contribution in [0.15, 0.2) is 48.8 Å². The van der Waals surface area contributed by atoms with Crippen LogP contribution in [0, 0.1) is 0 Å². The lowest BCUT2D eigenvalue weighted by Gasteiger charge is -2.34. The van der Waals surface area contributed by atoms with Crippen LogP contribution >= 0.6 is 0 Å². The predicted molar refractivity (Wildman–Crippen MR) is 104 cm³/mol. The number of anilines is 1. The molecule has 1 fully saturated rings. The summed E-state index contributed by atoms with van der Waals surface area (Å²) in [6.45, 7) is 2.57. The number of rotatable bonds is 7. The van der Waals surface area contributed by atoms with Crippen LogP contribution in [0.2, 0.25) is 0 Å². The van der Waals surface area contributed by atoms with Crippen LogP contribution in [-0.4, -0.2) is 66.6 Å². The second-order valence-electron chi connectivity index (χ2n) is 6.39. The molecule has 0 spiro atoms. The molecule has 3 amide bonds. The maximum absolute atomic E-state index is 12.4. The van der Waals surface area contributed by atoms with E-state index in [0.717, 1.165) is 5.56 Å². The molecule has 2 heterocycles. The number of amides is 3. The first-order valence-corrected chi connectivity index (χ1v) is 9.10. The second-order valence-corrected chi connectivity index (χ2v) is 6.39. The summed E-state index contributed by atoms with van der Waals surface area (Å²) in [5.74, 6) is 0.634. The summed E-state index contributed by atoms with van der Waals surface area (Å²) >= 11 is 0. The van der Waals surface area contributed by atoms with E-state index >= 15 is 0 Å². The summed E-state index contributed by atoms with van der Waals surface area (Å²) < 4.78 is 10.7. The van der Waals surface area contributed by atoms with Gasteiger partial charge in [-0.05, 0) is 42.0 Å². The number of nitrogens with one attached hydrogen (secondary N) is 1. The van der Waals surface area contributed by atoms with Gasteiger partial charge in [-0.15, -0.1) is 0 Å². The van der Waals surface area contributed by atoms with Crippen LogP contribution in [0.3, 0.4) is 0 Å². The van der Waals surface area contributed by atoms with Gasteiger partial charge in [0.15, 0.2) is 0 Å². The highest BCUT2D eigenvalue weighted by Crippen LogP contribution is 2.18. The fourth-order valence-corrected chi connectivity index (χ4v) is 2.80. The minimum atomic E-state index is -0.287. The van der Waals surface area contributed by atoms with Gasteiger partial charge in [0, 0.05) is 44.8 Å². The van der Waals surface area contributed by atoms with E-state index in [9.17, 15) is 9.59 Å². The molecule has 0 bridgehead atoms. The zero-order valence-corrected chi connectivity index (χ0v) is 15.8. The average molecular weight is 384 g/mol. The number of pyridine rings is 1. The topological polar surface area (TPSA) is 84.0 Å². The van der Waals surface area contributed by atoms with E-state index in [4.69, 9.17) is 9.47 Å². The van der Waals surface area contributed by atoms with Crippen LogP contribution in [0.5, 0.6) is 5.75 Å². The average Bonchev–Trinajstić information content (AvgIpc) is 2.73. The molecule has 0 aliphatic carbocycles. The quantitative estimate of drug-likeness (QED) is 0.789. The lowest BCUT2D eigenvalue weighted by atomic mass is 10.2. The third kappa shape index (κ3) is 5.43. The highest BCUT2D eigenvalue weighted by Gasteiger charge is 2.26. The molecule has 0 saturated carbocycles. The third-order valence-electron chi connectivity index (χ3n) is 4.43. The summed E-state index contributed by atoms with van der Waals surface area (Å²) in [7, 11) is 1.60. The number of methoxy groups -OCH3 is 1. The van der Waals surface area contributed by atoms with Crippen LogP contribution in [0.4, 0.5) is 10.5 Å². The number of hydrogen-bond acceptors (Lipinski definition) is 5. The Kier molecular flexibility index (Phi) is 6.80. The molecule has 1 saturated heterocycles. The highest BCUT2D eigenvalue weighted by atomic mass is 16.5. The first-order chi connectivity index (χ1) is 13.7. The van der Waals surface area contributed by atoms with Gasteiger partial charge in [-0.25, -0.2) is 4.79 Å². The van der Waals surface area contributed by atoms with E-state index in [1.54, 1.807) is 48.7 Å². The van der Waals surface area contributed by atoms with Gasteiger partial charge in [0.25, 0.3) is 0 Å². The molecule has 1 N–H and O–H groups in total. The van der Waals surface area contributed by atoms with E-state index in [1.165, 1.54) is 4.90 Å². The summed E-state index contributed by atoms with van der Waals surface area (Å²) in [4.78, 5) is 31.7. The normalized spacial score (nSPS) is 14.1. The fraction of sp³-hybridized carbons (Fsp3) is 0.350. The summed E-state index contributed by atoms with van der Waals surface area (Å²) in [5, 5.41) is 2.82. The maximum Gasteiger partial charge on any atom is 0.322 e. The van der Waals surface area contributed by atoms with E-state index in [0.29, 0.717) is 44.3 Å². The predicted octanol–water partition coefficient (Wildman–Crippen LogP) is 1.98. The zero-order valence-electron chi connectivity index (χ0n) is 15.8. The molecule has 1 aromatic carbocycles. The van der Waals surface area contributed by atoms with Gasteiger partial charge in [-0.1, -0.05) is 0 Å². The van der Waals surface area contributed by atoms with Crippen molar-refractivity contribution in [1.29, 1.82) is 0 Å². The van der Waals surface area contributed by atoms with Crippen molar-refractivity contribution in [3.8, 4) is 5.75 Å². The van der Waals surface area contributed by atoms with Crippen molar-refractivity contribution < 1.29 is 19.1 Å². The van der Waals surface area contributed by atoms with Crippen LogP contribution in [0.1, 0.15) is 5.56 Å². The molecular formula is C20H24N4O4. The number of carbonyl (C=O) groups is 2. The standard InChI is InChI=1S/C20H24N4O4/c1-27-13-12-23-10-11-24(14-19(23)25)20(26)22-17-2-4-18(5-3-17)28-15-16-6-8-21-9-7-16/h2-9H,10-15H2,1H3,(H,22,26). The number of urea groups is 1. The molecule has 0 atom stereocenters. The Bertz CT molecular complexity index is 783. The molecule has 3 rings (SSSR count). The zero-order chi connectivity index (χ0) is 19.8. The van der Waals surface area contributed by atoms with Crippen molar-refractivity contribution in [2.75, 3.05) is 45.2 Å². The fourth-order valence-electron chi connectivity index (χ4n) is 2.80. The number of carbonyl (C=O) groups excluding carboxylic acids is 2. The van der Waals surface area contributed by atoms with Crippen LogP contribution in [-0.2, 0) is 16.1 Å². The van der Waals surface area contributed by atoms with Crippen molar-refractivity contribution in [1.82, 2.24) is 14.8 Å². The van der Waals surface area contributed by atoms with Gasteiger partial charge in [0.2, 0.25) is 5.91 Å². The summed E-state index contributed by atoms with van der Waals surface area (Å²) in [6.07, 6.45) is 3.44. The van der Waals surface area contributed by atoms with Crippen molar-refractivity contribution in [3.63, 3.8) is 0 Å². The summed E-state index contributed by atoms with van der Waals surface area (Å²) in [6, 6.07) is 10.6. The van der Waals surface area contributed by atoms with Crippen molar-refractivity contribution >= 4 is 17.6 Å². The van der Waals surface area contributed by atoms with Crippen molar-refractivity contribution in [3.05, 3.63) is 54.4 Å². The number of hydrogen-bond donors (Lipinski definition) is 1. The van der Waals surface area contributed by atoms with Gasteiger partial charge in [-0.2, -0.15) is 0 Å². The van der Waals surface area contributed by atoms with Crippen LogP contribution in [0.25, 0.3) is 0 Å². The molecule has 8 heteroatoms. The largest absolute Gasteiger partial charge is 0.489 e. The minimum absolute atomic E-state index is 0.0710. The van der Waals surface area contributed by atoms with Crippen LogP contribution < -0.4 is 10.1 Å². The molecule has 28 heavy (non-hydrogen) atoms. The Morgan fingerprint density at radius 2 is 1.89 bits per heavy atom. The number of piperazine rings is 1. The molecule has 8 nitrogen and oxygen atoms in total. The summed E-state index contributed by atoms with van der Waals surface area (Å²) in [5.41, 5.74) is 1.68. The smallest absolute Gasteiger partial charge is 0.322 e. The molecular weight excluding hydrogens is 360 g/mol. The molecule has 148 valence electrons. The number of benzene rings is 1.